The van der Waals surface area contributed by atoms with Gasteiger partial charge in [-0.1, -0.05) is 17.7 Å². The van der Waals surface area contributed by atoms with Crippen molar-refractivity contribution in [2.45, 2.75) is 25.9 Å². The first-order valence-electron chi connectivity index (χ1n) is 9.17. The minimum Gasteiger partial charge on any atom is -0.369 e. The third kappa shape index (κ3) is 4.36. The fraction of sp³-hybridized carbons (Fsp3) is 0.368. The van der Waals surface area contributed by atoms with Crippen molar-refractivity contribution in [3.63, 3.8) is 0 Å². The van der Waals surface area contributed by atoms with Gasteiger partial charge in [-0.3, -0.25) is 4.40 Å². The van der Waals surface area contributed by atoms with Crippen molar-refractivity contribution in [1.29, 1.82) is 0 Å². The maximum atomic E-state index is 6.13. The molecule has 1 aliphatic rings. The quantitative estimate of drug-likeness (QED) is 0.507. The van der Waals surface area contributed by atoms with Crippen molar-refractivity contribution in [1.82, 2.24) is 20.0 Å². The number of rotatable bonds is 5. The number of imidazole rings is 1. The summed E-state index contributed by atoms with van der Waals surface area (Å²) in [5.74, 6) is 0.840. The van der Waals surface area contributed by atoms with Gasteiger partial charge in [0.25, 0.3) is 0 Å². The molecule has 1 saturated heterocycles. The van der Waals surface area contributed by atoms with Crippen LogP contribution in [0.4, 0.5) is 5.69 Å². The Morgan fingerprint density at radius 2 is 2.37 bits per heavy atom. The molecule has 1 aromatic carbocycles. The van der Waals surface area contributed by atoms with Crippen LogP contribution in [0.1, 0.15) is 19.0 Å². The lowest BCUT2D eigenvalue weighted by molar-refractivity contribution is 0.649. The Bertz CT molecular complexity index is 905. The minimum atomic E-state index is 0.354. The molecule has 2 aromatic heterocycles. The SMILES string of the molecule is CCNC(=NCc1cn2ccsc2n1)NC1CCN(c2cccc(Cl)c2)C1. The maximum absolute atomic E-state index is 6.13. The topological polar surface area (TPSA) is 57.0 Å². The van der Waals surface area contributed by atoms with E-state index in [1.54, 1.807) is 11.3 Å². The van der Waals surface area contributed by atoms with E-state index in [1.165, 1.54) is 5.69 Å². The second kappa shape index (κ2) is 8.19. The highest BCUT2D eigenvalue weighted by Crippen LogP contribution is 2.23. The molecule has 6 nitrogen and oxygen atoms in total. The fourth-order valence-corrected chi connectivity index (χ4v) is 4.21. The standard InChI is InChI=1S/C19H23ClN6S/c1-2-21-18(22-11-16-13-26-8-9-27-19(26)24-16)23-15-6-7-25(12-15)17-5-3-4-14(20)10-17/h3-5,8-10,13,15H,2,6-7,11-12H2,1H3,(H2,21,22,23). The van der Waals surface area contributed by atoms with E-state index in [0.29, 0.717) is 12.6 Å². The third-order valence-electron chi connectivity index (χ3n) is 4.59. The molecule has 0 radical (unpaired) electrons. The van der Waals surface area contributed by atoms with E-state index in [2.05, 4.69) is 33.5 Å². The fourth-order valence-electron chi connectivity index (χ4n) is 3.31. The summed E-state index contributed by atoms with van der Waals surface area (Å²) in [4.78, 5) is 12.7. The summed E-state index contributed by atoms with van der Waals surface area (Å²) in [6.07, 6.45) is 5.12. The largest absolute Gasteiger partial charge is 0.369 e. The molecular formula is C19H23ClN6S. The van der Waals surface area contributed by atoms with E-state index in [-0.39, 0.29) is 0 Å². The Balaban J connectivity index is 1.38. The van der Waals surface area contributed by atoms with Gasteiger partial charge in [0.1, 0.15) is 0 Å². The Kier molecular flexibility index (Phi) is 5.50. The zero-order chi connectivity index (χ0) is 18.6. The molecule has 4 rings (SSSR count). The van der Waals surface area contributed by atoms with Crippen LogP contribution in [-0.4, -0.2) is 41.0 Å². The molecule has 1 aliphatic heterocycles. The third-order valence-corrected chi connectivity index (χ3v) is 5.59. The molecule has 0 spiro atoms. The van der Waals surface area contributed by atoms with Crippen LogP contribution < -0.4 is 15.5 Å². The monoisotopic (exact) mass is 402 g/mol. The molecular weight excluding hydrogens is 380 g/mol. The molecule has 3 aromatic rings. The lowest BCUT2D eigenvalue weighted by Crippen LogP contribution is -2.44. The van der Waals surface area contributed by atoms with Crippen LogP contribution in [0.5, 0.6) is 0 Å². The summed E-state index contributed by atoms with van der Waals surface area (Å²) in [5, 5.41) is 9.71. The molecule has 0 saturated carbocycles. The highest BCUT2D eigenvalue weighted by Gasteiger charge is 2.23. The number of aliphatic imine (C=N–C) groups is 1. The van der Waals surface area contributed by atoms with Gasteiger partial charge in [-0.05, 0) is 31.5 Å². The zero-order valence-electron chi connectivity index (χ0n) is 15.2. The lowest BCUT2D eigenvalue weighted by Gasteiger charge is -2.20. The number of thiazole rings is 1. The summed E-state index contributed by atoms with van der Waals surface area (Å²) in [6.45, 7) is 5.42. The molecule has 2 N–H and O–H groups in total. The first-order chi connectivity index (χ1) is 13.2. The smallest absolute Gasteiger partial charge is 0.193 e. The van der Waals surface area contributed by atoms with Crippen molar-refractivity contribution in [2.24, 2.45) is 4.99 Å². The summed E-state index contributed by atoms with van der Waals surface area (Å²) < 4.78 is 2.04. The van der Waals surface area contributed by atoms with Gasteiger partial charge in [0, 0.05) is 54.2 Å². The Hall–Kier alpha value is -2.25. The van der Waals surface area contributed by atoms with E-state index in [9.17, 15) is 0 Å². The van der Waals surface area contributed by atoms with Gasteiger partial charge in [0.05, 0.1) is 12.2 Å². The number of hydrogen-bond donors (Lipinski definition) is 2. The molecule has 3 heterocycles. The van der Waals surface area contributed by atoms with Crippen LogP contribution in [0.15, 0.2) is 47.0 Å². The molecule has 142 valence electrons. The summed E-state index contributed by atoms with van der Waals surface area (Å²) in [6, 6.07) is 8.39. The normalized spacial score (nSPS) is 17.6. The second-order valence-corrected chi connectivity index (χ2v) is 7.89. The first kappa shape index (κ1) is 18.1. The molecule has 0 bridgehead atoms. The van der Waals surface area contributed by atoms with Gasteiger partial charge >= 0.3 is 0 Å². The average molecular weight is 403 g/mol. The molecule has 0 amide bonds. The number of halogens is 1. The minimum absolute atomic E-state index is 0.354. The molecule has 0 aliphatic carbocycles. The molecule has 1 unspecified atom stereocenters. The van der Waals surface area contributed by atoms with E-state index in [0.717, 1.165) is 47.7 Å². The van der Waals surface area contributed by atoms with Gasteiger partial charge in [-0.15, -0.1) is 11.3 Å². The van der Waals surface area contributed by atoms with E-state index in [1.807, 2.05) is 40.4 Å². The second-order valence-electron chi connectivity index (χ2n) is 6.58. The number of guanidine groups is 1. The number of fused-ring (bicyclic) bond motifs is 1. The van der Waals surface area contributed by atoms with Crippen LogP contribution in [0.25, 0.3) is 4.96 Å². The number of nitrogens with zero attached hydrogens (tertiary/aromatic N) is 4. The van der Waals surface area contributed by atoms with Crippen LogP contribution in [0.3, 0.4) is 0 Å². The van der Waals surface area contributed by atoms with Crippen molar-refractivity contribution in [3.8, 4) is 0 Å². The summed E-state index contributed by atoms with van der Waals surface area (Å²) in [5.41, 5.74) is 2.15. The van der Waals surface area contributed by atoms with Crippen LogP contribution in [0.2, 0.25) is 5.02 Å². The van der Waals surface area contributed by atoms with Crippen molar-refractivity contribution < 1.29 is 0 Å². The Morgan fingerprint density at radius 1 is 1.44 bits per heavy atom. The summed E-state index contributed by atoms with van der Waals surface area (Å²) >= 11 is 7.76. The molecule has 27 heavy (non-hydrogen) atoms. The number of aromatic nitrogens is 2. The van der Waals surface area contributed by atoms with Crippen LogP contribution >= 0.6 is 22.9 Å². The predicted octanol–water partition coefficient (Wildman–Crippen LogP) is 3.38. The van der Waals surface area contributed by atoms with Crippen molar-refractivity contribution in [2.75, 3.05) is 24.5 Å². The number of hydrogen-bond acceptors (Lipinski definition) is 4. The van der Waals surface area contributed by atoms with Gasteiger partial charge in [-0.25, -0.2) is 9.98 Å². The molecule has 1 fully saturated rings. The van der Waals surface area contributed by atoms with E-state index in [4.69, 9.17) is 16.6 Å². The van der Waals surface area contributed by atoms with Gasteiger partial charge in [0.15, 0.2) is 10.9 Å². The van der Waals surface area contributed by atoms with Gasteiger partial charge < -0.3 is 15.5 Å². The Labute approximate surface area is 167 Å². The molecule has 8 heteroatoms. The van der Waals surface area contributed by atoms with Gasteiger partial charge in [0.2, 0.25) is 0 Å². The average Bonchev–Trinajstić information content (AvgIpc) is 3.36. The van der Waals surface area contributed by atoms with Crippen molar-refractivity contribution in [3.05, 3.63) is 52.8 Å². The van der Waals surface area contributed by atoms with E-state index < -0.39 is 0 Å². The van der Waals surface area contributed by atoms with Gasteiger partial charge in [-0.2, -0.15) is 0 Å². The van der Waals surface area contributed by atoms with Crippen LogP contribution in [0, 0.1) is 0 Å². The Morgan fingerprint density at radius 3 is 3.19 bits per heavy atom. The van der Waals surface area contributed by atoms with Crippen molar-refractivity contribution >= 4 is 39.5 Å². The lowest BCUT2D eigenvalue weighted by atomic mass is 10.2. The first-order valence-corrected chi connectivity index (χ1v) is 10.4. The summed E-state index contributed by atoms with van der Waals surface area (Å²) in [7, 11) is 0. The zero-order valence-corrected chi connectivity index (χ0v) is 16.8. The van der Waals surface area contributed by atoms with E-state index >= 15 is 0 Å². The molecule has 1 atom stereocenters. The predicted molar refractivity (Wildman–Crippen MR) is 113 cm³/mol. The number of anilines is 1. The number of benzene rings is 1. The maximum Gasteiger partial charge on any atom is 0.193 e. The van der Waals surface area contributed by atoms with Crippen LogP contribution in [-0.2, 0) is 6.54 Å². The number of nitrogens with one attached hydrogen (secondary N) is 2. The highest BCUT2D eigenvalue weighted by molar-refractivity contribution is 7.15. The highest BCUT2D eigenvalue weighted by atomic mass is 35.5.